The molecule has 184 valence electrons. The Balaban J connectivity index is 0.000000229. The van der Waals surface area contributed by atoms with Crippen LogP contribution >= 0.6 is 11.6 Å². The van der Waals surface area contributed by atoms with Crippen molar-refractivity contribution in [2.45, 2.75) is 12.4 Å². The molecule has 0 amide bonds. The van der Waals surface area contributed by atoms with Gasteiger partial charge in [-0.2, -0.15) is 26.3 Å². The van der Waals surface area contributed by atoms with Crippen molar-refractivity contribution in [2.75, 3.05) is 7.15 Å². The monoisotopic (exact) mass is 519 g/mol. The van der Waals surface area contributed by atoms with Gasteiger partial charge in [0.2, 0.25) is 0 Å². The molecule has 12 heteroatoms. The first-order valence-corrected chi connectivity index (χ1v) is 9.62. The number of nitrogens with zero attached hydrogens (tertiary/aromatic N) is 2. The Labute approximate surface area is 199 Å². The lowest BCUT2D eigenvalue weighted by molar-refractivity contribution is -0.138. The molecule has 4 aromatic rings. The third kappa shape index (κ3) is 6.95. The molecule has 35 heavy (non-hydrogen) atoms. The van der Waals surface area contributed by atoms with Crippen LogP contribution in [0.4, 0.5) is 30.7 Å². The first kappa shape index (κ1) is 26.0. The van der Waals surface area contributed by atoms with Gasteiger partial charge in [0.25, 0.3) is 0 Å². The normalized spacial score (nSPS) is 11.6. The Kier molecular flexibility index (Phi) is 8.34. The molecule has 4 nitrogen and oxygen atoms in total. The lowest BCUT2D eigenvalue weighted by Gasteiger charge is -2.07. The molecule has 0 unspecified atom stereocenters. The van der Waals surface area contributed by atoms with E-state index in [1.54, 1.807) is 0 Å². The molecule has 0 saturated carbocycles. The van der Waals surface area contributed by atoms with Gasteiger partial charge in [0.05, 0.1) is 36.2 Å². The van der Waals surface area contributed by atoms with Gasteiger partial charge in [-0.1, -0.05) is 23.7 Å². The van der Waals surface area contributed by atoms with Gasteiger partial charge in [0, 0.05) is 22.5 Å². The van der Waals surface area contributed by atoms with Crippen molar-refractivity contribution < 1.29 is 41.7 Å². The number of alkyl halides is 7. The standard InChI is InChI=1S/C11H5ClF3NO.C11H6F3NO.CH3F/c12-10-7(5-17)3-6-1-2-8(11(13,14)15)4-9(6)16-10;12-11(13,14)9-2-1-8-3-7(6-16)5-15-10(8)4-9;1-2/h1-5H;1-6H;1H3/i;;1D. The summed E-state index contributed by atoms with van der Waals surface area (Å²) in [6, 6.07) is 9.23. The van der Waals surface area contributed by atoms with Crippen LogP contribution in [0.25, 0.3) is 21.8 Å². The number of hydrogen-bond acceptors (Lipinski definition) is 4. The lowest BCUT2D eigenvalue weighted by Crippen LogP contribution is -2.04. The predicted molar refractivity (Wildman–Crippen MR) is 116 cm³/mol. The number of hydrogen-bond donors (Lipinski definition) is 0. The van der Waals surface area contributed by atoms with Crippen LogP contribution in [0.1, 0.15) is 33.2 Å². The van der Waals surface area contributed by atoms with Gasteiger partial charge in [0.15, 0.2) is 12.6 Å². The number of benzene rings is 2. The Morgan fingerprint density at radius 2 is 1.34 bits per heavy atom. The Hall–Kier alpha value is -3.60. The third-order valence-corrected chi connectivity index (χ3v) is 4.72. The van der Waals surface area contributed by atoms with Crippen molar-refractivity contribution in [1.82, 2.24) is 9.97 Å². The molecule has 4 rings (SSSR count). The number of aromatic nitrogens is 2. The lowest BCUT2D eigenvalue weighted by atomic mass is 10.1. The van der Waals surface area contributed by atoms with Crippen LogP contribution in [-0.4, -0.2) is 29.7 Å². The Morgan fingerprint density at radius 1 is 0.829 bits per heavy atom. The fraction of sp³-hybridized carbons (Fsp3) is 0.130. The highest BCUT2D eigenvalue weighted by Gasteiger charge is 2.31. The van der Waals surface area contributed by atoms with E-state index in [0.29, 0.717) is 28.9 Å². The highest BCUT2D eigenvalue weighted by atomic mass is 35.5. The number of fused-ring (bicyclic) bond motifs is 2. The Morgan fingerprint density at radius 3 is 1.83 bits per heavy atom. The second kappa shape index (κ2) is 11.2. The first-order valence-electron chi connectivity index (χ1n) is 9.94. The van der Waals surface area contributed by atoms with E-state index in [2.05, 4.69) is 9.97 Å². The average Bonchev–Trinajstić information content (AvgIpc) is 2.82. The predicted octanol–water partition coefficient (Wildman–Crippen LogP) is 7.37. The smallest absolute Gasteiger partial charge is 0.298 e. The largest absolute Gasteiger partial charge is 0.416 e. The molecular formula is C23H14ClF7N2O2. The van der Waals surface area contributed by atoms with Crippen LogP contribution in [0, 0.1) is 0 Å². The van der Waals surface area contributed by atoms with Gasteiger partial charge in [-0.3, -0.25) is 19.0 Å². The number of carbonyl (C=O) groups excluding carboxylic acids is 2. The molecule has 0 aliphatic heterocycles. The van der Waals surface area contributed by atoms with Gasteiger partial charge in [-0.25, -0.2) is 4.98 Å². The maximum Gasteiger partial charge on any atom is 0.416 e. The first-order chi connectivity index (χ1) is 16.8. The van der Waals surface area contributed by atoms with Crippen LogP contribution in [0.15, 0.2) is 54.7 Å². The van der Waals surface area contributed by atoms with E-state index in [-0.39, 0.29) is 21.7 Å². The van der Waals surface area contributed by atoms with Gasteiger partial charge >= 0.3 is 12.4 Å². The van der Waals surface area contributed by atoms with E-state index in [1.165, 1.54) is 30.5 Å². The summed E-state index contributed by atoms with van der Waals surface area (Å²) in [4.78, 5) is 28.6. The molecule has 2 heterocycles. The van der Waals surface area contributed by atoms with Crippen molar-refractivity contribution >= 4 is 46.0 Å². The SMILES string of the molecule is O=Cc1cc2ccc(C(F)(F)F)cc2nc1Cl.O=Cc1cnc2cc(C(F)(F)F)ccc2c1.[2H]CF. The zero-order chi connectivity index (χ0) is 27.1. The second-order valence-electron chi connectivity index (χ2n) is 6.68. The minimum Gasteiger partial charge on any atom is -0.298 e. The highest BCUT2D eigenvalue weighted by Crippen LogP contribution is 2.32. The summed E-state index contributed by atoms with van der Waals surface area (Å²) < 4.78 is 90.0. The second-order valence-corrected chi connectivity index (χ2v) is 7.04. The maximum absolute atomic E-state index is 12.4. The van der Waals surface area contributed by atoms with Crippen molar-refractivity contribution in [3.05, 3.63) is 82.1 Å². The molecule has 2 aromatic carbocycles. The molecule has 0 aliphatic carbocycles. The number of pyridine rings is 2. The van der Waals surface area contributed by atoms with E-state index in [9.17, 15) is 40.3 Å². The summed E-state index contributed by atoms with van der Waals surface area (Å²) in [6.45, 7) is 0. The molecule has 0 aliphatic rings. The summed E-state index contributed by atoms with van der Waals surface area (Å²) in [5.74, 6) is 0. The maximum atomic E-state index is 12.4. The van der Waals surface area contributed by atoms with Crippen LogP contribution in [-0.2, 0) is 12.4 Å². The van der Waals surface area contributed by atoms with Gasteiger partial charge < -0.3 is 0 Å². The molecule has 0 spiro atoms. The summed E-state index contributed by atoms with van der Waals surface area (Å²) >= 11 is 5.65. The molecule has 0 radical (unpaired) electrons. The zero-order valence-corrected chi connectivity index (χ0v) is 18.0. The van der Waals surface area contributed by atoms with E-state index >= 15 is 0 Å². The van der Waals surface area contributed by atoms with Crippen molar-refractivity contribution in [3.63, 3.8) is 0 Å². The van der Waals surface area contributed by atoms with Crippen molar-refractivity contribution in [3.8, 4) is 0 Å². The minimum absolute atomic E-state index is 0.105. The van der Waals surface area contributed by atoms with Crippen LogP contribution < -0.4 is 0 Å². The summed E-state index contributed by atoms with van der Waals surface area (Å²) in [7, 11) is -1.00. The van der Waals surface area contributed by atoms with Crippen LogP contribution in [0.5, 0.6) is 0 Å². The van der Waals surface area contributed by atoms with Gasteiger partial charge in [-0.05, 0) is 36.4 Å². The van der Waals surface area contributed by atoms with Crippen LogP contribution in [0.3, 0.4) is 0 Å². The van der Waals surface area contributed by atoms with E-state index in [4.69, 9.17) is 13.0 Å². The molecule has 0 N–H and O–H groups in total. The summed E-state index contributed by atoms with van der Waals surface area (Å²) in [5, 5.41) is 0.842. The van der Waals surface area contributed by atoms with Gasteiger partial charge in [0.1, 0.15) is 5.15 Å². The van der Waals surface area contributed by atoms with Gasteiger partial charge in [-0.15, -0.1) is 0 Å². The number of carbonyl (C=O) groups is 2. The number of halogens is 8. The molecule has 2 aromatic heterocycles. The molecule has 0 atom stereocenters. The summed E-state index contributed by atoms with van der Waals surface area (Å²) in [6.07, 6.45) is -6.45. The summed E-state index contributed by atoms with van der Waals surface area (Å²) in [5.41, 5.74) is -0.721. The quantitative estimate of drug-likeness (QED) is 0.158. The molecule has 0 fully saturated rings. The van der Waals surface area contributed by atoms with Crippen molar-refractivity contribution in [2.24, 2.45) is 0 Å². The highest BCUT2D eigenvalue weighted by molar-refractivity contribution is 6.32. The van der Waals surface area contributed by atoms with E-state index in [1.807, 2.05) is 0 Å². The van der Waals surface area contributed by atoms with Crippen LogP contribution in [0.2, 0.25) is 5.15 Å². The zero-order valence-electron chi connectivity index (χ0n) is 18.3. The number of rotatable bonds is 2. The fourth-order valence-corrected chi connectivity index (χ4v) is 2.99. The number of aldehydes is 2. The average molecular weight is 520 g/mol. The molecule has 0 saturated heterocycles. The van der Waals surface area contributed by atoms with E-state index in [0.717, 1.165) is 24.3 Å². The molecular weight excluding hydrogens is 505 g/mol. The van der Waals surface area contributed by atoms with Crippen molar-refractivity contribution in [1.29, 1.82) is 0 Å². The Bertz CT molecular complexity index is 1380. The third-order valence-electron chi connectivity index (χ3n) is 4.42. The van der Waals surface area contributed by atoms with E-state index < -0.39 is 30.6 Å². The minimum atomic E-state index is -4.42. The molecule has 0 bridgehead atoms. The topological polar surface area (TPSA) is 59.9 Å². The fourth-order valence-electron chi connectivity index (χ4n) is 2.80.